The van der Waals surface area contributed by atoms with Gasteiger partial charge in [0.2, 0.25) is 0 Å². The van der Waals surface area contributed by atoms with E-state index in [9.17, 15) is 4.79 Å². The second kappa shape index (κ2) is 15.7. The molecule has 0 unspecified atom stereocenters. The average Bonchev–Trinajstić information content (AvgIpc) is 3.53. The zero-order valence-electron chi connectivity index (χ0n) is 27.7. The normalized spacial score (nSPS) is 18.0. The van der Waals surface area contributed by atoms with E-state index >= 15 is 0 Å². The molecule has 3 aromatic carbocycles. The van der Waals surface area contributed by atoms with Crippen molar-refractivity contribution >= 4 is 34.3 Å². The number of amides is 1. The summed E-state index contributed by atoms with van der Waals surface area (Å²) in [6.07, 6.45) is 14.0. The lowest BCUT2D eigenvalue weighted by Crippen LogP contribution is -2.46. The van der Waals surface area contributed by atoms with Crippen molar-refractivity contribution in [1.82, 2.24) is 9.80 Å². The first kappa shape index (κ1) is 32.2. The number of methoxy groups -OCH3 is 2. The van der Waals surface area contributed by atoms with E-state index in [0.29, 0.717) is 17.9 Å². The molecule has 0 saturated carbocycles. The van der Waals surface area contributed by atoms with Gasteiger partial charge in [-0.1, -0.05) is 38.5 Å². The number of hydrogen-bond acceptors (Lipinski definition) is 7. The number of aliphatic imine (C=N–C) groups is 1. The van der Waals surface area contributed by atoms with E-state index in [1.165, 1.54) is 57.2 Å². The molecule has 6 rings (SSSR count). The van der Waals surface area contributed by atoms with Gasteiger partial charge in [0.25, 0.3) is 5.91 Å². The summed E-state index contributed by atoms with van der Waals surface area (Å²) in [6.45, 7) is 7.19. The van der Waals surface area contributed by atoms with Gasteiger partial charge in [-0.25, -0.2) is 0 Å². The van der Waals surface area contributed by atoms with Crippen molar-refractivity contribution in [2.24, 2.45) is 4.99 Å². The van der Waals surface area contributed by atoms with Crippen molar-refractivity contribution in [2.45, 2.75) is 70.3 Å². The Labute approximate surface area is 274 Å². The molecule has 3 heterocycles. The van der Waals surface area contributed by atoms with Crippen LogP contribution >= 0.6 is 0 Å². The molecule has 0 aromatic heterocycles. The molecular weight excluding hydrogens is 576 g/mol. The van der Waals surface area contributed by atoms with E-state index in [2.05, 4.69) is 34.1 Å². The van der Waals surface area contributed by atoms with Crippen LogP contribution in [0.25, 0.3) is 10.8 Å². The third-order valence-corrected chi connectivity index (χ3v) is 9.85. The van der Waals surface area contributed by atoms with Crippen LogP contribution in [0.2, 0.25) is 0 Å². The summed E-state index contributed by atoms with van der Waals surface area (Å²) in [5.41, 5.74) is 2.71. The summed E-state index contributed by atoms with van der Waals surface area (Å²) in [7, 11) is 3.39. The smallest absolute Gasteiger partial charge is 0.256 e. The predicted molar refractivity (Wildman–Crippen MR) is 187 cm³/mol. The fourth-order valence-electron chi connectivity index (χ4n) is 7.07. The number of hydrogen-bond donors (Lipinski definition) is 0. The van der Waals surface area contributed by atoms with E-state index in [1.807, 2.05) is 35.4 Å². The first-order valence-electron chi connectivity index (χ1n) is 17.4. The Hall–Kier alpha value is -3.78. The van der Waals surface area contributed by atoms with Crippen molar-refractivity contribution in [2.75, 3.05) is 65.0 Å². The molecule has 0 N–H and O–H groups in total. The Morgan fingerprint density at radius 2 is 1.46 bits per heavy atom. The van der Waals surface area contributed by atoms with Crippen LogP contribution in [0.1, 0.15) is 74.6 Å². The van der Waals surface area contributed by atoms with E-state index in [1.54, 1.807) is 14.2 Å². The molecule has 0 spiro atoms. The first-order chi connectivity index (χ1) is 22.6. The monoisotopic (exact) mass is 626 g/mol. The van der Waals surface area contributed by atoms with Crippen LogP contribution in [0.4, 0.5) is 11.4 Å². The summed E-state index contributed by atoms with van der Waals surface area (Å²) < 4.78 is 17.2. The lowest BCUT2D eigenvalue weighted by atomic mass is 10.0. The molecule has 46 heavy (non-hydrogen) atoms. The zero-order valence-corrected chi connectivity index (χ0v) is 27.7. The summed E-state index contributed by atoms with van der Waals surface area (Å²) in [4.78, 5) is 25.0. The molecule has 3 aromatic rings. The van der Waals surface area contributed by atoms with Crippen molar-refractivity contribution in [3.05, 3.63) is 54.1 Å². The quantitative estimate of drug-likeness (QED) is 0.163. The van der Waals surface area contributed by atoms with Crippen LogP contribution in [0, 0.1) is 0 Å². The summed E-state index contributed by atoms with van der Waals surface area (Å²) in [6, 6.07) is 16.5. The number of rotatable bonds is 15. The molecule has 2 fully saturated rings. The molecule has 1 atom stereocenters. The van der Waals surface area contributed by atoms with Gasteiger partial charge in [0, 0.05) is 44.6 Å². The van der Waals surface area contributed by atoms with Crippen LogP contribution in [0.15, 0.2) is 53.5 Å². The number of anilines is 1. The van der Waals surface area contributed by atoms with Gasteiger partial charge >= 0.3 is 0 Å². The number of benzene rings is 3. The molecule has 8 nitrogen and oxygen atoms in total. The predicted octanol–water partition coefficient (Wildman–Crippen LogP) is 7.50. The Bertz CT molecular complexity index is 1480. The lowest BCUT2D eigenvalue weighted by Gasteiger charge is -2.36. The second-order valence-electron chi connectivity index (χ2n) is 12.9. The lowest BCUT2D eigenvalue weighted by molar-refractivity contribution is 0.0775. The molecule has 0 bridgehead atoms. The number of carbonyl (C=O) groups is 1. The maximum atomic E-state index is 13.2. The molecule has 1 amide bonds. The van der Waals surface area contributed by atoms with Crippen molar-refractivity contribution < 1.29 is 19.0 Å². The van der Waals surface area contributed by atoms with E-state index in [4.69, 9.17) is 19.2 Å². The van der Waals surface area contributed by atoms with Crippen LogP contribution < -0.4 is 19.1 Å². The number of nitrogens with zero attached hydrogens (tertiary/aromatic N) is 4. The fourth-order valence-corrected chi connectivity index (χ4v) is 7.07. The molecule has 3 aliphatic heterocycles. The number of unbranched alkanes of at least 4 members (excludes halogenated alkanes) is 7. The standard InChI is InChI=1S/C38H50N4O4/c1-44-33-15-13-31(14-16-33)41-21-19-40(20-22-41)17-9-7-5-3-4-6-8-10-23-46-37-27-30-25-35-34(24-29(30)26-36(37)45-2)38(43)42-18-11-12-32(42)28-39-35/h13-16,24-28,32H,3-12,17-23H2,1-2H3/t32-/m0/s1. The minimum absolute atomic E-state index is 0.0759. The van der Waals surface area contributed by atoms with Crippen LogP contribution in [-0.4, -0.2) is 88.1 Å². The number of ether oxygens (including phenoxy) is 3. The first-order valence-corrected chi connectivity index (χ1v) is 17.4. The van der Waals surface area contributed by atoms with Gasteiger partial charge in [0.1, 0.15) is 5.75 Å². The van der Waals surface area contributed by atoms with E-state index < -0.39 is 0 Å². The van der Waals surface area contributed by atoms with Crippen molar-refractivity contribution in [3.8, 4) is 17.2 Å². The maximum Gasteiger partial charge on any atom is 0.256 e. The Morgan fingerprint density at radius 3 is 2.20 bits per heavy atom. The molecule has 8 heteroatoms. The highest BCUT2D eigenvalue weighted by Gasteiger charge is 2.32. The fraction of sp³-hybridized carbons (Fsp3) is 0.526. The minimum atomic E-state index is 0.0759. The van der Waals surface area contributed by atoms with Gasteiger partial charge in [-0.05, 0) is 91.5 Å². The minimum Gasteiger partial charge on any atom is -0.497 e. The third-order valence-electron chi connectivity index (χ3n) is 9.85. The Balaban J connectivity index is 0.851. The summed E-state index contributed by atoms with van der Waals surface area (Å²) in [5.74, 6) is 2.45. The van der Waals surface area contributed by atoms with Gasteiger partial charge < -0.3 is 24.0 Å². The average molecular weight is 627 g/mol. The van der Waals surface area contributed by atoms with E-state index in [-0.39, 0.29) is 11.9 Å². The topological polar surface area (TPSA) is 66.8 Å². The van der Waals surface area contributed by atoms with Gasteiger partial charge in [-0.3, -0.25) is 14.7 Å². The van der Waals surface area contributed by atoms with Gasteiger partial charge in [-0.2, -0.15) is 0 Å². The highest BCUT2D eigenvalue weighted by atomic mass is 16.5. The SMILES string of the molecule is COc1ccc(N2CCN(CCCCCCCCCCOc3cc4cc5c(cc4cc3OC)C(=O)N3CCC[C@H]3C=N5)CC2)cc1. The molecule has 0 radical (unpaired) electrons. The van der Waals surface area contributed by atoms with Crippen LogP contribution in [-0.2, 0) is 0 Å². The second-order valence-corrected chi connectivity index (χ2v) is 12.9. The highest BCUT2D eigenvalue weighted by molar-refractivity contribution is 6.07. The molecule has 2 saturated heterocycles. The maximum absolute atomic E-state index is 13.2. The van der Waals surface area contributed by atoms with Crippen LogP contribution in [0.3, 0.4) is 0 Å². The number of fused-ring (bicyclic) bond motifs is 3. The molecular formula is C38H50N4O4. The summed E-state index contributed by atoms with van der Waals surface area (Å²) in [5, 5.41) is 1.98. The van der Waals surface area contributed by atoms with Gasteiger partial charge in [0.05, 0.1) is 38.1 Å². The van der Waals surface area contributed by atoms with Gasteiger partial charge in [0.15, 0.2) is 11.5 Å². The number of carbonyl (C=O) groups excluding carboxylic acids is 1. The van der Waals surface area contributed by atoms with E-state index in [0.717, 1.165) is 79.9 Å². The Kier molecular flexibility index (Phi) is 11.0. The van der Waals surface area contributed by atoms with Crippen molar-refractivity contribution in [3.63, 3.8) is 0 Å². The number of piperazine rings is 1. The zero-order chi connectivity index (χ0) is 31.7. The van der Waals surface area contributed by atoms with Crippen LogP contribution in [0.5, 0.6) is 17.2 Å². The summed E-state index contributed by atoms with van der Waals surface area (Å²) >= 11 is 0. The highest BCUT2D eigenvalue weighted by Crippen LogP contribution is 2.37. The van der Waals surface area contributed by atoms with Gasteiger partial charge in [-0.15, -0.1) is 0 Å². The third kappa shape index (κ3) is 7.77. The Morgan fingerprint density at radius 1 is 0.761 bits per heavy atom. The molecule has 246 valence electrons. The molecule has 3 aliphatic rings. The van der Waals surface area contributed by atoms with Crippen molar-refractivity contribution in [1.29, 1.82) is 0 Å². The largest absolute Gasteiger partial charge is 0.497 e. The molecule has 0 aliphatic carbocycles.